The van der Waals surface area contributed by atoms with Gasteiger partial charge in [0.15, 0.2) is 0 Å². The topological polar surface area (TPSA) is 45.0 Å². The number of nitrogens with one attached hydrogen (secondary N) is 1. The second-order valence-corrected chi connectivity index (χ2v) is 6.73. The van der Waals surface area contributed by atoms with Gasteiger partial charge in [-0.1, -0.05) is 22.4 Å². The molecule has 3 nitrogen and oxygen atoms in total. The molecule has 1 aliphatic carbocycles. The molecule has 0 saturated heterocycles. The van der Waals surface area contributed by atoms with Crippen molar-refractivity contribution < 1.29 is 4.74 Å². The van der Waals surface area contributed by atoms with Gasteiger partial charge in [0.25, 0.3) is 0 Å². The fraction of sp³-hybridized carbons (Fsp3) is 0.533. The van der Waals surface area contributed by atoms with Crippen LogP contribution in [0, 0.1) is 17.2 Å². The maximum atomic E-state index is 9.13. The van der Waals surface area contributed by atoms with Crippen molar-refractivity contribution in [3.8, 4) is 11.8 Å². The molecule has 20 heavy (non-hydrogen) atoms. The SMILES string of the molecule is CCOc1c(Br)cc(Br)cc1CNC1CCCC1C#N. The van der Waals surface area contributed by atoms with E-state index in [4.69, 9.17) is 10.00 Å². The third kappa shape index (κ3) is 3.75. The summed E-state index contributed by atoms with van der Waals surface area (Å²) in [5.41, 5.74) is 1.11. The number of nitrogens with zero attached hydrogens (tertiary/aromatic N) is 1. The van der Waals surface area contributed by atoms with Gasteiger partial charge in [-0.2, -0.15) is 5.26 Å². The van der Waals surface area contributed by atoms with Gasteiger partial charge in [-0.05, 0) is 47.8 Å². The average molecular weight is 402 g/mol. The monoisotopic (exact) mass is 400 g/mol. The Labute approximate surface area is 137 Å². The summed E-state index contributed by atoms with van der Waals surface area (Å²) in [7, 11) is 0. The van der Waals surface area contributed by atoms with Crippen LogP contribution in [0.3, 0.4) is 0 Å². The number of rotatable bonds is 5. The van der Waals surface area contributed by atoms with Crippen molar-refractivity contribution in [3.05, 3.63) is 26.6 Å². The smallest absolute Gasteiger partial charge is 0.138 e. The molecular formula is C15H18Br2N2O. The molecule has 2 atom stereocenters. The van der Waals surface area contributed by atoms with Crippen molar-refractivity contribution >= 4 is 31.9 Å². The molecule has 1 aliphatic rings. The van der Waals surface area contributed by atoms with Crippen LogP contribution in [0.4, 0.5) is 0 Å². The van der Waals surface area contributed by atoms with Crippen LogP contribution in [-0.4, -0.2) is 12.6 Å². The van der Waals surface area contributed by atoms with Crippen LogP contribution < -0.4 is 10.1 Å². The minimum absolute atomic E-state index is 0.140. The second kappa shape index (κ2) is 7.44. The highest BCUT2D eigenvalue weighted by Crippen LogP contribution is 2.33. The third-order valence-corrected chi connectivity index (χ3v) is 4.66. The summed E-state index contributed by atoms with van der Waals surface area (Å²) in [6.07, 6.45) is 3.22. The third-order valence-electron chi connectivity index (χ3n) is 3.61. The quantitative estimate of drug-likeness (QED) is 0.795. The Hall–Kier alpha value is -0.570. The number of hydrogen-bond acceptors (Lipinski definition) is 3. The van der Waals surface area contributed by atoms with Gasteiger partial charge in [0, 0.05) is 22.6 Å². The van der Waals surface area contributed by atoms with Gasteiger partial charge in [0.2, 0.25) is 0 Å². The maximum absolute atomic E-state index is 9.13. The fourth-order valence-electron chi connectivity index (χ4n) is 2.65. The maximum Gasteiger partial charge on any atom is 0.138 e. The lowest BCUT2D eigenvalue weighted by molar-refractivity contribution is 0.331. The molecule has 1 aromatic rings. The first-order chi connectivity index (χ1) is 9.65. The molecule has 108 valence electrons. The summed E-state index contributed by atoms with van der Waals surface area (Å²) >= 11 is 7.05. The molecule has 1 fully saturated rings. The van der Waals surface area contributed by atoms with Gasteiger partial charge in [-0.15, -0.1) is 0 Å². The van der Waals surface area contributed by atoms with E-state index in [0.29, 0.717) is 12.6 Å². The van der Waals surface area contributed by atoms with Gasteiger partial charge >= 0.3 is 0 Å². The lowest BCUT2D eigenvalue weighted by Crippen LogP contribution is -2.31. The van der Waals surface area contributed by atoms with E-state index in [0.717, 1.165) is 46.1 Å². The molecular weight excluding hydrogens is 384 g/mol. The molecule has 1 N–H and O–H groups in total. The molecule has 0 amide bonds. The van der Waals surface area contributed by atoms with Crippen molar-refractivity contribution in [2.45, 2.75) is 38.8 Å². The predicted octanol–water partition coefficient (Wildman–Crippen LogP) is 4.39. The molecule has 0 radical (unpaired) electrons. The minimum atomic E-state index is 0.140. The van der Waals surface area contributed by atoms with Crippen molar-refractivity contribution in [2.75, 3.05) is 6.61 Å². The Balaban J connectivity index is 2.10. The van der Waals surface area contributed by atoms with Crippen molar-refractivity contribution in [1.82, 2.24) is 5.32 Å². The lowest BCUT2D eigenvalue weighted by atomic mass is 10.1. The Bertz CT molecular complexity index is 513. The first-order valence-corrected chi connectivity index (χ1v) is 8.48. The van der Waals surface area contributed by atoms with E-state index in [9.17, 15) is 0 Å². The van der Waals surface area contributed by atoms with E-state index in [1.165, 1.54) is 0 Å². The van der Waals surface area contributed by atoms with E-state index >= 15 is 0 Å². The Morgan fingerprint density at radius 3 is 2.90 bits per heavy atom. The van der Waals surface area contributed by atoms with E-state index in [1.54, 1.807) is 0 Å². The van der Waals surface area contributed by atoms with Gasteiger partial charge in [-0.25, -0.2) is 0 Å². The van der Waals surface area contributed by atoms with E-state index < -0.39 is 0 Å². The van der Waals surface area contributed by atoms with Crippen LogP contribution in [0.15, 0.2) is 21.1 Å². The largest absolute Gasteiger partial charge is 0.492 e. The number of hydrogen-bond donors (Lipinski definition) is 1. The average Bonchev–Trinajstić information content (AvgIpc) is 2.87. The summed E-state index contributed by atoms with van der Waals surface area (Å²) in [4.78, 5) is 0. The highest BCUT2D eigenvalue weighted by atomic mass is 79.9. The zero-order valence-corrected chi connectivity index (χ0v) is 14.6. The van der Waals surface area contributed by atoms with Crippen LogP contribution >= 0.6 is 31.9 Å². The molecule has 5 heteroatoms. The summed E-state index contributed by atoms with van der Waals surface area (Å²) in [5.74, 6) is 1.02. The van der Waals surface area contributed by atoms with Crippen LogP contribution in [0.5, 0.6) is 5.75 Å². The normalized spacial score (nSPS) is 21.7. The first-order valence-electron chi connectivity index (χ1n) is 6.89. The number of ether oxygens (including phenoxy) is 1. The van der Waals surface area contributed by atoms with Crippen LogP contribution in [-0.2, 0) is 6.54 Å². The summed E-state index contributed by atoms with van der Waals surface area (Å²) in [5, 5.41) is 12.6. The van der Waals surface area contributed by atoms with Crippen LogP contribution in [0.1, 0.15) is 31.7 Å². The summed E-state index contributed by atoms with van der Waals surface area (Å²) in [6, 6.07) is 6.76. The molecule has 0 bridgehead atoms. The number of benzene rings is 1. The number of nitriles is 1. The number of halogens is 2. The molecule has 1 aromatic carbocycles. The Morgan fingerprint density at radius 2 is 2.20 bits per heavy atom. The standard InChI is InChI=1S/C15H18Br2N2O/c1-2-20-15-11(6-12(16)7-13(15)17)9-19-14-5-3-4-10(14)8-18/h6-7,10,14,19H,2-5,9H2,1H3. The minimum Gasteiger partial charge on any atom is -0.492 e. The van der Waals surface area contributed by atoms with Crippen molar-refractivity contribution in [2.24, 2.45) is 5.92 Å². The first kappa shape index (κ1) is 15.8. The van der Waals surface area contributed by atoms with Gasteiger partial charge in [0.1, 0.15) is 5.75 Å². The van der Waals surface area contributed by atoms with E-state index in [2.05, 4.69) is 49.3 Å². The fourth-order valence-corrected chi connectivity index (χ4v) is 4.08. The molecule has 1 saturated carbocycles. The van der Waals surface area contributed by atoms with E-state index in [-0.39, 0.29) is 5.92 Å². The lowest BCUT2D eigenvalue weighted by Gasteiger charge is -2.18. The van der Waals surface area contributed by atoms with Crippen molar-refractivity contribution in [3.63, 3.8) is 0 Å². The van der Waals surface area contributed by atoms with Crippen molar-refractivity contribution in [1.29, 1.82) is 5.26 Å². The summed E-state index contributed by atoms with van der Waals surface area (Å²) < 4.78 is 7.69. The highest BCUT2D eigenvalue weighted by molar-refractivity contribution is 9.11. The molecule has 0 heterocycles. The molecule has 0 spiro atoms. The zero-order valence-electron chi connectivity index (χ0n) is 11.5. The van der Waals surface area contributed by atoms with Crippen LogP contribution in [0.2, 0.25) is 0 Å². The van der Waals surface area contributed by atoms with Crippen LogP contribution in [0.25, 0.3) is 0 Å². The molecule has 2 rings (SSSR count). The Morgan fingerprint density at radius 1 is 1.40 bits per heavy atom. The van der Waals surface area contributed by atoms with Gasteiger partial charge in [-0.3, -0.25) is 0 Å². The van der Waals surface area contributed by atoms with Gasteiger partial charge < -0.3 is 10.1 Å². The predicted molar refractivity (Wildman–Crippen MR) is 86.6 cm³/mol. The second-order valence-electron chi connectivity index (χ2n) is 4.96. The Kier molecular flexibility index (Phi) is 5.88. The molecule has 0 aromatic heterocycles. The highest BCUT2D eigenvalue weighted by Gasteiger charge is 2.26. The molecule has 2 unspecified atom stereocenters. The van der Waals surface area contributed by atoms with Gasteiger partial charge in [0.05, 0.1) is 23.1 Å². The molecule has 0 aliphatic heterocycles. The summed E-state index contributed by atoms with van der Waals surface area (Å²) in [6.45, 7) is 3.34. The van der Waals surface area contributed by atoms with E-state index in [1.807, 2.05) is 13.0 Å². The zero-order chi connectivity index (χ0) is 14.5.